The largest absolute Gasteiger partial charge is 0.469 e. The summed E-state index contributed by atoms with van der Waals surface area (Å²) in [6.07, 6.45) is 0.576. The molecule has 0 aromatic heterocycles. The number of nitrogens with zero attached hydrogens (tertiary/aromatic N) is 3. The van der Waals surface area contributed by atoms with Gasteiger partial charge in [0.15, 0.2) is 5.96 Å². The molecule has 2 aliphatic rings. The first-order valence-electron chi connectivity index (χ1n) is 10.9. The fraction of sp³-hybridized carbons (Fsp3) is 0.652. The van der Waals surface area contributed by atoms with Gasteiger partial charge in [-0.3, -0.25) is 14.7 Å². The zero-order chi connectivity index (χ0) is 21.7. The van der Waals surface area contributed by atoms with Gasteiger partial charge in [-0.15, -0.1) is 24.0 Å². The van der Waals surface area contributed by atoms with E-state index < -0.39 is 0 Å². The van der Waals surface area contributed by atoms with Crippen LogP contribution in [-0.2, 0) is 27.4 Å². The van der Waals surface area contributed by atoms with E-state index in [0.29, 0.717) is 13.1 Å². The summed E-state index contributed by atoms with van der Waals surface area (Å²) in [6.45, 7) is 11.4. The van der Waals surface area contributed by atoms with Crippen molar-refractivity contribution in [2.24, 2.45) is 16.8 Å². The van der Waals surface area contributed by atoms with Gasteiger partial charge in [0, 0.05) is 46.3 Å². The smallest absolute Gasteiger partial charge is 0.310 e. The van der Waals surface area contributed by atoms with E-state index in [0.717, 1.165) is 32.1 Å². The molecule has 3 rings (SSSR count). The first-order valence-corrected chi connectivity index (χ1v) is 10.9. The Morgan fingerprint density at radius 2 is 1.71 bits per heavy atom. The number of aliphatic imine (C=N–C) groups is 1. The number of morpholine rings is 1. The Kier molecular flexibility index (Phi) is 10.0. The van der Waals surface area contributed by atoms with E-state index in [1.54, 1.807) is 7.05 Å². The lowest BCUT2D eigenvalue weighted by molar-refractivity contribution is -0.145. The van der Waals surface area contributed by atoms with Gasteiger partial charge >= 0.3 is 5.97 Å². The number of hydrogen-bond donors (Lipinski definition) is 1. The molecule has 2 saturated heterocycles. The second-order valence-electron chi connectivity index (χ2n) is 8.68. The Morgan fingerprint density at radius 3 is 2.29 bits per heavy atom. The average molecular weight is 544 g/mol. The standard InChI is InChI=1S/C23H36N4O3.HI/c1-16-11-27(15-21(16)22(28)29-5)23(24-4)25-10-19-6-8-20(9-7-19)14-26-12-17(2)30-18(3)13-26;/h6-9,16-18,21H,10-15H2,1-5H3,(H,24,25);1H. The molecule has 0 spiro atoms. The van der Waals surface area contributed by atoms with Gasteiger partial charge in [0.25, 0.3) is 0 Å². The Hall–Kier alpha value is -1.39. The van der Waals surface area contributed by atoms with E-state index in [1.807, 2.05) is 0 Å². The van der Waals surface area contributed by atoms with Gasteiger partial charge in [-0.1, -0.05) is 31.2 Å². The molecule has 0 bridgehead atoms. The Balaban J connectivity index is 0.00000341. The number of nitrogens with one attached hydrogen (secondary N) is 1. The molecule has 2 aliphatic heterocycles. The molecule has 4 atom stereocenters. The van der Waals surface area contributed by atoms with Crippen molar-refractivity contribution in [2.45, 2.75) is 46.1 Å². The summed E-state index contributed by atoms with van der Waals surface area (Å²) in [7, 11) is 3.24. The molecule has 31 heavy (non-hydrogen) atoms. The number of benzene rings is 1. The molecule has 0 radical (unpaired) electrons. The molecular formula is C23H37IN4O3. The number of likely N-dealkylation sites (tertiary alicyclic amines) is 1. The van der Waals surface area contributed by atoms with E-state index in [1.165, 1.54) is 18.2 Å². The second-order valence-corrected chi connectivity index (χ2v) is 8.68. The molecule has 4 unspecified atom stereocenters. The highest BCUT2D eigenvalue weighted by Crippen LogP contribution is 2.24. The summed E-state index contributed by atoms with van der Waals surface area (Å²) in [4.78, 5) is 21.0. The Bertz CT molecular complexity index is 733. The number of ether oxygens (including phenoxy) is 2. The van der Waals surface area contributed by atoms with E-state index in [4.69, 9.17) is 9.47 Å². The molecule has 8 heteroatoms. The van der Waals surface area contributed by atoms with E-state index in [2.05, 4.69) is 65.1 Å². The van der Waals surface area contributed by atoms with Crippen molar-refractivity contribution in [3.8, 4) is 0 Å². The number of guanidine groups is 1. The van der Waals surface area contributed by atoms with Gasteiger partial charge < -0.3 is 19.7 Å². The first-order chi connectivity index (χ1) is 14.4. The fourth-order valence-electron chi connectivity index (χ4n) is 4.55. The molecule has 1 aromatic rings. The normalized spacial score (nSPS) is 27.0. The summed E-state index contributed by atoms with van der Waals surface area (Å²) in [5.74, 6) is 0.841. The van der Waals surface area contributed by atoms with Crippen LogP contribution in [0.1, 0.15) is 31.9 Å². The number of hydrogen-bond acceptors (Lipinski definition) is 5. The summed E-state index contributed by atoms with van der Waals surface area (Å²) < 4.78 is 10.8. The predicted molar refractivity (Wildman–Crippen MR) is 134 cm³/mol. The highest BCUT2D eigenvalue weighted by atomic mass is 127. The van der Waals surface area contributed by atoms with Crippen LogP contribution in [0.4, 0.5) is 0 Å². The lowest BCUT2D eigenvalue weighted by Gasteiger charge is -2.35. The van der Waals surface area contributed by atoms with E-state index in [-0.39, 0.29) is 54.0 Å². The van der Waals surface area contributed by atoms with Crippen LogP contribution >= 0.6 is 24.0 Å². The molecule has 174 valence electrons. The van der Waals surface area contributed by atoms with Crippen molar-refractivity contribution in [1.29, 1.82) is 0 Å². The third kappa shape index (κ3) is 7.05. The minimum absolute atomic E-state index is 0. The van der Waals surface area contributed by atoms with Crippen molar-refractivity contribution in [1.82, 2.24) is 15.1 Å². The first kappa shape index (κ1) is 25.9. The molecule has 1 aromatic carbocycles. The predicted octanol–water partition coefficient (Wildman–Crippen LogP) is 2.73. The molecule has 0 aliphatic carbocycles. The number of esters is 1. The lowest BCUT2D eigenvalue weighted by Crippen LogP contribution is -2.44. The summed E-state index contributed by atoms with van der Waals surface area (Å²) in [6, 6.07) is 8.76. The van der Waals surface area contributed by atoms with Crippen molar-refractivity contribution in [3.05, 3.63) is 35.4 Å². The monoisotopic (exact) mass is 544 g/mol. The van der Waals surface area contributed by atoms with Gasteiger partial charge in [0.05, 0.1) is 25.2 Å². The minimum Gasteiger partial charge on any atom is -0.469 e. The van der Waals surface area contributed by atoms with Crippen LogP contribution in [0.2, 0.25) is 0 Å². The maximum Gasteiger partial charge on any atom is 0.310 e. The number of carbonyl (C=O) groups is 1. The van der Waals surface area contributed by atoms with Crippen LogP contribution in [0, 0.1) is 11.8 Å². The fourth-order valence-corrected chi connectivity index (χ4v) is 4.55. The van der Waals surface area contributed by atoms with Gasteiger partial charge in [-0.05, 0) is 30.9 Å². The minimum atomic E-state index is -0.139. The van der Waals surface area contributed by atoms with Crippen molar-refractivity contribution >= 4 is 35.9 Å². The maximum absolute atomic E-state index is 12.0. The SMILES string of the molecule is CN=C(NCc1ccc(CN2CC(C)OC(C)C2)cc1)N1CC(C)C(C(=O)OC)C1.I. The maximum atomic E-state index is 12.0. The zero-order valence-electron chi connectivity index (χ0n) is 19.3. The van der Waals surface area contributed by atoms with Crippen molar-refractivity contribution in [2.75, 3.05) is 40.3 Å². The molecule has 2 fully saturated rings. The average Bonchev–Trinajstić information content (AvgIpc) is 3.10. The van der Waals surface area contributed by atoms with Gasteiger partial charge in [0.1, 0.15) is 0 Å². The van der Waals surface area contributed by atoms with Gasteiger partial charge in [-0.2, -0.15) is 0 Å². The lowest BCUT2D eigenvalue weighted by atomic mass is 9.99. The third-order valence-electron chi connectivity index (χ3n) is 6.00. The van der Waals surface area contributed by atoms with Gasteiger partial charge in [-0.25, -0.2) is 0 Å². The Morgan fingerprint density at radius 1 is 1.10 bits per heavy atom. The van der Waals surface area contributed by atoms with Crippen LogP contribution in [0.25, 0.3) is 0 Å². The highest BCUT2D eigenvalue weighted by molar-refractivity contribution is 14.0. The molecule has 2 heterocycles. The quantitative estimate of drug-likeness (QED) is 0.266. The van der Waals surface area contributed by atoms with Crippen LogP contribution in [-0.4, -0.2) is 74.3 Å². The van der Waals surface area contributed by atoms with Crippen LogP contribution in [0.5, 0.6) is 0 Å². The van der Waals surface area contributed by atoms with E-state index in [9.17, 15) is 4.79 Å². The summed E-state index contributed by atoms with van der Waals surface area (Å²) >= 11 is 0. The van der Waals surface area contributed by atoms with E-state index >= 15 is 0 Å². The zero-order valence-corrected chi connectivity index (χ0v) is 21.7. The van der Waals surface area contributed by atoms with Crippen LogP contribution in [0.3, 0.4) is 0 Å². The Labute approximate surface area is 203 Å². The molecule has 0 saturated carbocycles. The topological polar surface area (TPSA) is 66.4 Å². The van der Waals surface area contributed by atoms with Crippen LogP contribution in [0.15, 0.2) is 29.3 Å². The highest BCUT2D eigenvalue weighted by Gasteiger charge is 2.36. The van der Waals surface area contributed by atoms with Crippen LogP contribution < -0.4 is 5.32 Å². The number of methoxy groups -OCH3 is 1. The second kappa shape index (κ2) is 12.0. The van der Waals surface area contributed by atoms with Crippen molar-refractivity contribution < 1.29 is 14.3 Å². The number of rotatable bonds is 5. The molecule has 0 amide bonds. The number of carbonyl (C=O) groups excluding carboxylic acids is 1. The molecule has 7 nitrogen and oxygen atoms in total. The molecular weight excluding hydrogens is 507 g/mol. The third-order valence-corrected chi connectivity index (χ3v) is 6.00. The van der Waals surface area contributed by atoms with Gasteiger partial charge in [0.2, 0.25) is 0 Å². The summed E-state index contributed by atoms with van der Waals surface area (Å²) in [5, 5.41) is 3.44. The molecule has 1 N–H and O–H groups in total. The summed E-state index contributed by atoms with van der Waals surface area (Å²) in [5.41, 5.74) is 2.53. The van der Waals surface area contributed by atoms with Crippen molar-refractivity contribution in [3.63, 3.8) is 0 Å². The number of halogens is 1.